The van der Waals surface area contributed by atoms with E-state index >= 15 is 0 Å². The number of nitrogens with one attached hydrogen (secondary N) is 1. The maximum Gasteiger partial charge on any atom is 0.118 e. The molecule has 2 aromatic carbocycles. The molecular formula is C19H23NO. The molecule has 0 fully saturated rings. The summed E-state index contributed by atoms with van der Waals surface area (Å²) in [6.07, 6.45) is 4.79. The van der Waals surface area contributed by atoms with Gasteiger partial charge in [0.05, 0.1) is 13.2 Å². The molecule has 1 N–H and O–H groups in total. The second-order valence-electron chi connectivity index (χ2n) is 5.77. The van der Waals surface area contributed by atoms with Crippen molar-refractivity contribution < 1.29 is 4.74 Å². The van der Waals surface area contributed by atoms with Crippen LogP contribution in [0.15, 0.2) is 42.5 Å². The third-order valence-electron chi connectivity index (χ3n) is 4.26. The van der Waals surface area contributed by atoms with Crippen LogP contribution in [0.25, 0.3) is 0 Å². The van der Waals surface area contributed by atoms with Crippen LogP contribution < -0.4 is 10.1 Å². The molecular weight excluding hydrogens is 258 g/mol. The highest BCUT2D eigenvalue weighted by Crippen LogP contribution is 2.35. The van der Waals surface area contributed by atoms with Crippen LogP contribution in [-0.4, -0.2) is 7.11 Å². The average molecular weight is 281 g/mol. The Balaban J connectivity index is 1.74. The minimum absolute atomic E-state index is 0.382. The molecule has 110 valence electrons. The van der Waals surface area contributed by atoms with E-state index in [4.69, 9.17) is 4.74 Å². The van der Waals surface area contributed by atoms with E-state index in [1.165, 1.54) is 41.6 Å². The van der Waals surface area contributed by atoms with Crippen molar-refractivity contribution in [2.24, 2.45) is 0 Å². The normalized spacial score (nSPS) is 16.4. The Morgan fingerprint density at radius 1 is 1.14 bits per heavy atom. The van der Waals surface area contributed by atoms with Crippen molar-refractivity contribution in [3.63, 3.8) is 0 Å². The molecule has 0 saturated heterocycles. The van der Waals surface area contributed by atoms with Gasteiger partial charge < -0.3 is 10.1 Å². The first kappa shape index (κ1) is 14.0. The number of methoxy groups -OCH3 is 1. The molecule has 0 bridgehead atoms. The number of unbranched alkanes of at least 4 members (excludes halogenated alkanes) is 1. The van der Waals surface area contributed by atoms with Gasteiger partial charge in [0.25, 0.3) is 0 Å². The summed E-state index contributed by atoms with van der Waals surface area (Å²) in [5.74, 6) is 0.913. The number of rotatable bonds is 5. The van der Waals surface area contributed by atoms with Crippen LogP contribution >= 0.6 is 0 Å². The van der Waals surface area contributed by atoms with E-state index in [2.05, 4.69) is 42.6 Å². The van der Waals surface area contributed by atoms with Crippen LogP contribution in [0.4, 0.5) is 5.69 Å². The first-order chi connectivity index (χ1) is 10.3. The Labute approximate surface area is 127 Å². The summed E-state index contributed by atoms with van der Waals surface area (Å²) in [7, 11) is 1.70. The zero-order valence-corrected chi connectivity index (χ0v) is 12.9. The summed E-state index contributed by atoms with van der Waals surface area (Å²) in [6.45, 7) is 2.24. The quantitative estimate of drug-likeness (QED) is 0.854. The molecule has 0 spiro atoms. The van der Waals surface area contributed by atoms with Crippen LogP contribution in [0.2, 0.25) is 0 Å². The van der Waals surface area contributed by atoms with E-state index in [0.717, 1.165) is 12.2 Å². The number of benzene rings is 2. The highest BCUT2D eigenvalue weighted by molar-refractivity contribution is 5.59. The predicted octanol–water partition coefficient (Wildman–Crippen LogP) is 4.75. The molecule has 1 atom stereocenters. The molecule has 1 aliphatic rings. The van der Waals surface area contributed by atoms with Gasteiger partial charge in [-0.1, -0.05) is 37.6 Å². The number of ether oxygens (including phenoxy) is 1. The van der Waals surface area contributed by atoms with Crippen LogP contribution in [0.3, 0.4) is 0 Å². The van der Waals surface area contributed by atoms with Crippen LogP contribution in [0, 0.1) is 0 Å². The number of aryl methyl sites for hydroxylation is 1. The SMILES string of the molecule is CCCCc1ccc2c(c1)CC(c1ccc(OC)cc1)N2. The maximum atomic E-state index is 5.23. The van der Waals surface area contributed by atoms with Gasteiger partial charge in [0.2, 0.25) is 0 Å². The topological polar surface area (TPSA) is 21.3 Å². The van der Waals surface area contributed by atoms with Crippen molar-refractivity contribution in [3.05, 3.63) is 59.2 Å². The van der Waals surface area contributed by atoms with Crippen LogP contribution in [-0.2, 0) is 12.8 Å². The first-order valence-electron chi connectivity index (χ1n) is 7.82. The number of anilines is 1. The fourth-order valence-electron chi connectivity index (χ4n) is 2.99. The number of fused-ring (bicyclic) bond motifs is 1. The van der Waals surface area contributed by atoms with Crippen molar-refractivity contribution in [2.45, 2.75) is 38.6 Å². The van der Waals surface area contributed by atoms with Crippen molar-refractivity contribution >= 4 is 5.69 Å². The van der Waals surface area contributed by atoms with Gasteiger partial charge in [0.1, 0.15) is 5.75 Å². The van der Waals surface area contributed by atoms with E-state index < -0.39 is 0 Å². The summed E-state index contributed by atoms with van der Waals surface area (Å²) in [5.41, 5.74) is 5.52. The fourth-order valence-corrected chi connectivity index (χ4v) is 2.99. The Bertz CT molecular complexity index is 603. The lowest BCUT2D eigenvalue weighted by Gasteiger charge is -2.12. The lowest BCUT2D eigenvalue weighted by molar-refractivity contribution is 0.414. The van der Waals surface area contributed by atoms with Crippen LogP contribution in [0.5, 0.6) is 5.75 Å². The van der Waals surface area contributed by atoms with E-state index in [1.54, 1.807) is 7.11 Å². The highest BCUT2D eigenvalue weighted by atomic mass is 16.5. The van der Waals surface area contributed by atoms with Gasteiger partial charge in [-0.15, -0.1) is 0 Å². The van der Waals surface area contributed by atoms with Crippen LogP contribution in [0.1, 0.15) is 42.5 Å². The second-order valence-corrected chi connectivity index (χ2v) is 5.77. The zero-order chi connectivity index (χ0) is 14.7. The summed E-state index contributed by atoms with van der Waals surface area (Å²) in [6, 6.07) is 15.6. The molecule has 2 aromatic rings. The summed E-state index contributed by atoms with van der Waals surface area (Å²) < 4.78 is 5.23. The molecule has 1 aliphatic heterocycles. The highest BCUT2D eigenvalue weighted by Gasteiger charge is 2.22. The average Bonchev–Trinajstić information content (AvgIpc) is 2.96. The summed E-state index contributed by atoms with van der Waals surface area (Å²) >= 11 is 0. The Kier molecular flexibility index (Phi) is 4.14. The first-order valence-corrected chi connectivity index (χ1v) is 7.82. The molecule has 0 aromatic heterocycles. The number of hydrogen-bond acceptors (Lipinski definition) is 2. The van der Waals surface area contributed by atoms with Crippen molar-refractivity contribution in [2.75, 3.05) is 12.4 Å². The molecule has 2 heteroatoms. The monoisotopic (exact) mass is 281 g/mol. The van der Waals surface area contributed by atoms with Gasteiger partial charge in [-0.05, 0) is 54.2 Å². The molecule has 3 rings (SSSR count). The Morgan fingerprint density at radius 3 is 2.67 bits per heavy atom. The van der Waals surface area contributed by atoms with Gasteiger partial charge in [-0.2, -0.15) is 0 Å². The smallest absolute Gasteiger partial charge is 0.118 e. The third kappa shape index (κ3) is 3.05. The van der Waals surface area contributed by atoms with E-state index in [9.17, 15) is 0 Å². The largest absolute Gasteiger partial charge is 0.497 e. The van der Waals surface area contributed by atoms with Gasteiger partial charge in [-0.25, -0.2) is 0 Å². The molecule has 0 radical (unpaired) electrons. The zero-order valence-electron chi connectivity index (χ0n) is 12.9. The molecule has 21 heavy (non-hydrogen) atoms. The predicted molar refractivity (Wildman–Crippen MR) is 88.1 cm³/mol. The third-order valence-corrected chi connectivity index (χ3v) is 4.26. The summed E-state index contributed by atoms with van der Waals surface area (Å²) in [5, 5.41) is 3.63. The van der Waals surface area contributed by atoms with Gasteiger partial charge in [0.15, 0.2) is 0 Å². The lowest BCUT2D eigenvalue weighted by Crippen LogP contribution is -2.05. The molecule has 0 aliphatic carbocycles. The standard InChI is InChI=1S/C19H23NO/c1-3-4-5-14-6-11-18-16(12-14)13-19(20-18)15-7-9-17(21-2)10-8-15/h6-12,19-20H,3-5,13H2,1-2H3. The number of hydrogen-bond donors (Lipinski definition) is 1. The van der Waals surface area contributed by atoms with Crippen molar-refractivity contribution in [1.82, 2.24) is 0 Å². The van der Waals surface area contributed by atoms with Gasteiger partial charge in [-0.3, -0.25) is 0 Å². The molecule has 0 saturated carbocycles. The maximum absolute atomic E-state index is 5.23. The van der Waals surface area contributed by atoms with E-state index in [1.807, 2.05) is 12.1 Å². The molecule has 1 heterocycles. The molecule has 2 nitrogen and oxygen atoms in total. The lowest BCUT2D eigenvalue weighted by atomic mass is 10.00. The summed E-state index contributed by atoms with van der Waals surface area (Å²) in [4.78, 5) is 0. The second kappa shape index (κ2) is 6.21. The van der Waals surface area contributed by atoms with Gasteiger partial charge in [0, 0.05) is 5.69 Å². The van der Waals surface area contributed by atoms with Crippen molar-refractivity contribution in [3.8, 4) is 5.75 Å². The van der Waals surface area contributed by atoms with E-state index in [-0.39, 0.29) is 0 Å². The fraction of sp³-hybridized carbons (Fsp3) is 0.368. The minimum atomic E-state index is 0.382. The molecule has 1 unspecified atom stereocenters. The Morgan fingerprint density at radius 2 is 1.95 bits per heavy atom. The minimum Gasteiger partial charge on any atom is -0.497 e. The van der Waals surface area contributed by atoms with E-state index in [0.29, 0.717) is 6.04 Å². The molecule has 0 amide bonds. The van der Waals surface area contributed by atoms with Gasteiger partial charge >= 0.3 is 0 Å². The Hall–Kier alpha value is -1.96. The van der Waals surface area contributed by atoms with Crippen molar-refractivity contribution in [1.29, 1.82) is 0 Å².